The van der Waals surface area contributed by atoms with Gasteiger partial charge in [0, 0.05) is 12.6 Å². The number of carbonyl (C=O) groups excluding carboxylic acids is 1. The second-order valence-electron chi connectivity index (χ2n) is 4.63. The monoisotopic (exact) mass is 228 g/mol. The largest absolute Gasteiger partial charge is 0.480 e. The van der Waals surface area contributed by atoms with Crippen molar-refractivity contribution in [2.45, 2.75) is 44.7 Å². The highest BCUT2D eigenvalue weighted by atomic mass is 16.4. The number of nitrogens with zero attached hydrogens (tertiary/aromatic N) is 1. The van der Waals surface area contributed by atoms with Crippen LogP contribution in [-0.4, -0.2) is 47.1 Å². The molecule has 16 heavy (non-hydrogen) atoms. The standard InChI is InChI=1S/C11H20N2O3/c1-9(2)13-6-3-4-11(5-7-13,10(15)16)12-8-14/h8-9H,3-7H2,1-2H3,(H,12,14)(H,15,16). The molecule has 1 atom stereocenters. The summed E-state index contributed by atoms with van der Waals surface area (Å²) in [5, 5.41) is 11.7. The molecule has 0 aliphatic carbocycles. The van der Waals surface area contributed by atoms with Crippen molar-refractivity contribution in [3.8, 4) is 0 Å². The van der Waals surface area contributed by atoms with Crippen molar-refractivity contribution in [1.82, 2.24) is 10.2 Å². The van der Waals surface area contributed by atoms with Crippen molar-refractivity contribution in [3.05, 3.63) is 0 Å². The van der Waals surface area contributed by atoms with E-state index in [0.717, 1.165) is 13.0 Å². The molecule has 1 aliphatic rings. The number of hydrogen-bond acceptors (Lipinski definition) is 3. The number of amides is 1. The Kier molecular flexibility index (Phi) is 4.29. The van der Waals surface area contributed by atoms with Gasteiger partial charge in [-0.25, -0.2) is 4.79 Å². The third-order valence-corrected chi connectivity index (χ3v) is 3.35. The first-order valence-corrected chi connectivity index (χ1v) is 5.70. The van der Waals surface area contributed by atoms with Crippen LogP contribution in [0.3, 0.4) is 0 Å². The Labute approximate surface area is 95.8 Å². The molecule has 2 N–H and O–H groups in total. The normalized spacial score (nSPS) is 27.4. The maximum atomic E-state index is 11.3. The van der Waals surface area contributed by atoms with Crippen LogP contribution in [0, 0.1) is 0 Å². The second-order valence-corrected chi connectivity index (χ2v) is 4.63. The highest BCUT2D eigenvalue weighted by Gasteiger charge is 2.39. The Balaban J connectivity index is 2.74. The Morgan fingerprint density at radius 3 is 2.62 bits per heavy atom. The van der Waals surface area contributed by atoms with E-state index in [-0.39, 0.29) is 0 Å². The molecule has 1 fully saturated rings. The summed E-state index contributed by atoms with van der Waals surface area (Å²) in [4.78, 5) is 24.0. The first-order chi connectivity index (χ1) is 7.52. The third-order valence-electron chi connectivity index (χ3n) is 3.35. The quantitative estimate of drug-likeness (QED) is 0.685. The Hall–Kier alpha value is -1.10. The lowest BCUT2D eigenvalue weighted by Gasteiger charge is -2.28. The molecule has 5 nitrogen and oxygen atoms in total. The van der Waals surface area contributed by atoms with Gasteiger partial charge in [-0.3, -0.25) is 4.79 Å². The van der Waals surface area contributed by atoms with E-state index in [1.807, 2.05) is 0 Å². The van der Waals surface area contributed by atoms with Crippen LogP contribution < -0.4 is 5.32 Å². The predicted octanol–water partition coefficient (Wildman–Crippen LogP) is 0.450. The minimum atomic E-state index is -1.06. The zero-order chi connectivity index (χ0) is 12.2. The van der Waals surface area contributed by atoms with Gasteiger partial charge in [0.05, 0.1) is 0 Å². The van der Waals surface area contributed by atoms with Gasteiger partial charge in [0.1, 0.15) is 5.54 Å². The minimum Gasteiger partial charge on any atom is -0.480 e. The summed E-state index contributed by atoms with van der Waals surface area (Å²) >= 11 is 0. The summed E-state index contributed by atoms with van der Waals surface area (Å²) in [5.41, 5.74) is -1.06. The number of carboxylic acids is 1. The van der Waals surface area contributed by atoms with Crippen molar-refractivity contribution in [3.63, 3.8) is 0 Å². The fourth-order valence-electron chi connectivity index (χ4n) is 2.20. The molecular formula is C11H20N2O3. The molecule has 1 heterocycles. The van der Waals surface area contributed by atoms with E-state index in [9.17, 15) is 14.7 Å². The predicted molar refractivity (Wildman–Crippen MR) is 60.1 cm³/mol. The number of hydrogen-bond donors (Lipinski definition) is 2. The van der Waals surface area contributed by atoms with Gasteiger partial charge in [0.15, 0.2) is 0 Å². The van der Waals surface area contributed by atoms with Gasteiger partial charge in [-0.15, -0.1) is 0 Å². The van der Waals surface area contributed by atoms with Crippen molar-refractivity contribution in [2.75, 3.05) is 13.1 Å². The summed E-state index contributed by atoms with van der Waals surface area (Å²) in [7, 11) is 0. The molecule has 92 valence electrons. The average Bonchev–Trinajstić information content (AvgIpc) is 2.42. The molecule has 1 unspecified atom stereocenters. The van der Waals surface area contributed by atoms with E-state index in [0.29, 0.717) is 31.8 Å². The van der Waals surface area contributed by atoms with Crippen LogP contribution in [0.5, 0.6) is 0 Å². The molecular weight excluding hydrogens is 208 g/mol. The van der Waals surface area contributed by atoms with Gasteiger partial charge in [-0.05, 0) is 39.7 Å². The smallest absolute Gasteiger partial charge is 0.329 e. The van der Waals surface area contributed by atoms with Crippen LogP contribution in [0.4, 0.5) is 0 Å². The molecule has 0 aromatic rings. The van der Waals surface area contributed by atoms with E-state index in [1.165, 1.54) is 0 Å². The highest BCUT2D eigenvalue weighted by Crippen LogP contribution is 2.23. The fraction of sp³-hybridized carbons (Fsp3) is 0.818. The van der Waals surface area contributed by atoms with Crippen molar-refractivity contribution in [2.24, 2.45) is 0 Å². The molecule has 0 bridgehead atoms. The number of aliphatic carboxylic acids is 1. The second kappa shape index (κ2) is 5.30. The van der Waals surface area contributed by atoms with Gasteiger partial charge < -0.3 is 15.3 Å². The lowest BCUT2D eigenvalue weighted by atomic mass is 9.91. The van der Waals surface area contributed by atoms with E-state index < -0.39 is 11.5 Å². The van der Waals surface area contributed by atoms with Gasteiger partial charge in [-0.2, -0.15) is 0 Å². The molecule has 0 spiro atoms. The molecule has 1 amide bonds. The summed E-state index contributed by atoms with van der Waals surface area (Å²) in [6, 6.07) is 0.417. The lowest BCUT2D eigenvalue weighted by molar-refractivity contribution is -0.146. The van der Waals surface area contributed by atoms with E-state index in [4.69, 9.17) is 0 Å². The summed E-state index contributed by atoms with van der Waals surface area (Å²) in [6.45, 7) is 5.81. The molecule has 1 aliphatic heterocycles. The zero-order valence-corrected chi connectivity index (χ0v) is 9.90. The molecule has 1 saturated heterocycles. The molecule has 5 heteroatoms. The lowest BCUT2D eigenvalue weighted by Crippen LogP contribution is -2.52. The molecule has 1 rings (SSSR count). The van der Waals surface area contributed by atoms with E-state index in [1.54, 1.807) is 0 Å². The first kappa shape index (κ1) is 13.0. The summed E-state index contributed by atoms with van der Waals surface area (Å²) in [5.74, 6) is -0.926. The van der Waals surface area contributed by atoms with Crippen molar-refractivity contribution in [1.29, 1.82) is 0 Å². The van der Waals surface area contributed by atoms with Gasteiger partial charge in [-0.1, -0.05) is 0 Å². The average molecular weight is 228 g/mol. The molecule has 0 radical (unpaired) electrons. The Morgan fingerprint density at radius 2 is 2.12 bits per heavy atom. The number of carboxylic acid groups (broad SMARTS) is 1. The summed E-state index contributed by atoms with van der Waals surface area (Å²) < 4.78 is 0. The van der Waals surface area contributed by atoms with Crippen LogP contribution in [0.15, 0.2) is 0 Å². The third kappa shape index (κ3) is 2.72. The molecule has 0 saturated carbocycles. The highest BCUT2D eigenvalue weighted by molar-refractivity contribution is 5.81. The maximum Gasteiger partial charge on any atom is 0.329 e. The fourth-order valence-corrected chi connectivity index (χ4v) is 2.20. The minimum absolute atomic E-state index is 0.417. The number of likely N-dealkylation sites (tertiary alicyclic amines) is 1. The van der Waals surface area contributed by atoms with Crippen molar-refractivity contribution >= 4 is 12.4 Å². The summed E-state index contributed by atoms with van der Waals surface area (Å²) in [6.07, 6.45) is 2.27. The molecule has 0 aromatic heterocycles. The maximum absolute atomic E-state index is 11.3. The topological polar surface area (TPSA) is 69.6 Å². The SMILES string of the molecule is CC(C)N1CCCC(NC=O)(C(=O)O)CC1. The van der Waals surface area contributed by atoms with Crippen LogP contribution in [0.2, 0.25) is 0 Å². The first-order valence-electron chi connectivity index (χ1n) is 5.70. The Bertz CT molecular complexity index is 268. The van der Waals surface area contributed by atoms with Crippen molar-refractivity contribution < 1.29 is 14.7 Å². The van der Waals surface area contributed by atoms with E-state index in [2.05, 4.69) is 24.1 Å². The number of nitrogens with one attached hydrogen (secondary N) is 1. The van der Waals surface area contributed by atoms with E-state index >= 15 is 0 Å². The van der Waals surface area contributed by atoms with Gasteiger partial charge >= 0.3 is 5.97 Å². The number of rotatable bonds is 4. The van der Waals surface area contributed by atoms with Crippen LogP contribution >= 0.6 is 0 Å². The van der Waals surface area contributed by atoms with Crippen LogP contribution in [0.1, 0.15) is 33.1 Å². The Morgan fingerprint density at radius 1 is 1.44 bits per heavy atom. The van der Waals surface area contributed by atoms with Crippen LogP contribution in [0.25, 0.3) is 0 Å². The zero-order valence-electron chi connectivity index (χ0n) is 9.90. The number of carbonyl (C=O) groups is 2. The van der Waals surface area contributed by atoms with Gasteiger partial charge in [0.2, 0.25) is 6.41 Å². The van der Waals surface area contributed by atoms with Gasteiger partial charge in [0.25, 0.3) is 0 Å². The molecule has 0 aromatic carbocycles. The van der Waals surface area contributed by atoms with Crippen LogP contribution in [-0.2, 0) is 9.59 Å².